The molecule has 0 saturated carbocycles. The highest BCUT2D eigenvalue weighted by molar-refractivity contribution is 5.29. The molecule has 0 heteroatoms. The van der Waals surface area contributed by atoms with E-state index in [2.05, 4.69) is 45.5 Å². The molecule has 0 radical (unpaired) electrons. The summed E-state index contributed by atoms with van der Waals surface area (Å²) >= 11 is 0. The first kappa shape index (κ1) is 12.0. The molecule has 1 aromatic carbocycles. The zero-order valence-electron chi connectivity index (χ0n) is 10.3. The molecule has 1 rings (SSSR count). The van der Waals surface area contributed by atoms with Crippen LogP contribution in [0.1, 0.15) is 42.9 Å². The molecule has 0 heterocycles. The van der Waals surface area contributed by atoms with Gasteiger partial charge in [0.25, 0.3) is 0 Å². The molecule has 0 aliphatic carbocycles. The van der Waals surface area contributed by atoms with E-state index in [1.807, 2.05) is 0 Å². The highest BCUT2D eigenvalue weighted by Crippen LogP contribution is 2.13. The molecule has 15 heavy (non-hydrogen) atoms. The maximum absolute atomic E-state index is 3.93. The van der Waals surface area contributed by atoms with Gasteiger partial charge in [-0.15, -0.1) is 6.58 Å². The molecule has 0 unspecified atom stereocenters. The first-order chi connectivity index (χ1) is 7.09. The lowest BCUT2D eigenvalue weighted by Gasteiger charge is -2.05. The Morgan fingerprint density at radius 1 is 1.13 bits per heavy atom. The predicted molar refractivity (Wildman–Crippen MR) is 68.3 cm³/mol. The van der Waals surface area contributed by atoms with E-state index in [-0.39, 0.29) is 0 Å². The summed E-state index contributed by atoms with van der Waals surface area (Å²) < 4.78 is 0. The molecule has 82 valence electrons. The number of allylic oxidation sites excluding steroid dienone is 1. The molecule has 0 amide bonds. The van der Waals surface area contributed by atoms with Gasteiger partial charge in [0.15, 0.2) is 0 Å². The standard InChI is InChI=1S/C15H22/c1-12(2)7-5-6-8-15-10-9-13(3)14(4)11-15/h9-11H,1,5-8H2,2-4H3. The van der Waals surface area contributed by atoms with Gasteiger partial charge in [-0.2, -0.15) is 0 Å². The third-order valence-electron chi connectivity index (χ3n) is 2.89. The van der Waals surface area contributed by atoms with Crippen molar-refractivity contribution in [1.29, 1.82) is 0 Å². The average molecular weight is 202 g/mol. The van der Waals surface area contributed by atoms with E-state index >= 15 is 0 Å². The monoisotopic (exact) mass is 202 g/mol. The van der Waals surface area contributed by atoms with Crippen LogP contribution in [0.5, 0.6) is 0 Å². The summed E-state index contributed by atoms with van der Waals surface area (Å²) in [6.45, 7) is 10.4. The van der Waals surface area contributed by atoms with Crippen molar-refractivity contribution < 1.29 is 0 Å². The minimum Gasteiger partial charge on any atom is -0.100 e. The Hall–Kier alpha value is -1.04. The van der Waals surface area contributed by atoms with Crippen molar-refractivity contribution in [2.24, 2.45) is 0 Å². The fraction of sp³-hybridized carbons (Fsp3) is 0.467. The summed E-state index contributed by atoms with van der Waals surface area (Å²) in [7, 11) is 0. The SMILES string of the molecule is C=C(C)CCCCc1ccc(C)c(C)c1. The molecule has 0 spiro atoms. The van der Waals surface area contributed by atoms with Gasteiger partial charge in [0.05, 0.1) is 0 Å². The van der Waals surface area contributed by atoms with E-state index < -0.39 is 0 Å². The van der Waals surface area contributed by atoms with Crippen LogP contribution in [0.2, 0.25) is 0 Å². The summed E-state index contributed by atoms with van der Waals surface area (Å²) in [6.07, 6.45) is 4.91. The zero-order chi connectivity index (χ0) is 11.3. The van der Waals surface area contributed by atoms with E-state index in [1.54, 1.807) is 0 Å². The highest BCUT2D eigenvalue weighted by atomic mass is 14.0. The van der Waals surface area contributed by atoms with Crippen molar-refractivity contribution in [1.82, 2.24) is 0 Å². The number of aryl methyl sites for hydroxylation is 3. The Morgan fingerprint density at radius 2 is 1.87 bits per heavy atom. The van der Waals surface area contributed by atoms with Gasteiger partial charge >= 0.3 is 0 Å². The summed E-state index contributed by atoms with van der Waals surface area (Å²) in [5.74, 6) is 0. The van der Waals surface area contributed by atoms with Crippen molar-refractivity contribution in [3.63, 3.8) is 0 Å². The second-order valence-electron chi connectivity index (χ2n) is 4.58. The number of rotatable bonds is 5. The minimum absolute atomic E-state index is 1.17. The Kier molecular flexibility index (Phi) is 4.61. The van der Waals surface area contributed by atoms with E-state index in [9.17, 15) is 0 Å². The van der Waals surface area contributed by atoms with Crippen LogP contribution in [0.25, 0.3) is 0 Å². The molecule has 0 atom stereocenters. The van der Waals surface area contributed by atoms with Gasteiger partial charge in [-0.05, 0) is 63.1 Å². The van der Waals surface area contributed by atoms with Crippen LogP contribution < -0.4 is 0 Å². The fourth-order valence-electron chi connectivity index (χ4n) is 1.71. The third-order valence-corrected chi connectivity index (χ3v) is 2.89. The van der Waals surface area contributed by atoms with Crippen LogP contribution in [0.15, 0.2) is 30.4 Å². The van der Waals surface area contributed by atoms with Gasteiger partial charge in [0.1, 0.15) is 0 Å². The molecule has 0 aliphatic rings. The molecule has 0 saturated heterocycles. The molecule has 0 aliphatic heterocycles. The lowest BCUT2D eigenvalue weighted by molar-refractivity contribution is 0.730. The Bertz CT molecular complexity index is 334. The van der Waals surface area contributed by atoms with Crippen LogP contribution in [0.3, 0.4) is 0 Å². The third kappa shape index (κ3) is 4.33. The first-order valence-corrected chi connectivity index (χ1v) is 5.80. The van der Waals surface area contributed by atoms with Crippen LogP contribution in [-0.2, 0) is 6.42 Å². The number of hydrogen-bond donors (Lipinski definition) is 0. The Morgan fingerprint density at radius 3 is 2.47 bits per heavy atom. The van der Waals surface area contributed by atoms with Gasteiger partial charge in [-0.25, -0.2) is 0 Å². The molecule has 0 fully saturated rings. The quantitative estimate of drug-likeness (QED) is 0.484. The van der Waals surface area contributed by atoms with Crippen LogP contribution >= 0.6 is 0 Å². The van der Waals surface area contributed by atoms with Crippen molar-refractivity contribution in [3.05, 3.63) is 47.0 Å². The fourth-order valence-corrected chi connectivity index (χ4v) is 1.71. The van der Waals surface area contributed by atoms with Crippen LogP contribution in [0.4, 0.5) is 0 Å². The lowest BCUT2D eigenvalue weighted by Crippen LogP contribution is -1.89. The molecule has 0 aromatic heterocycles. The largest absolute Gasteiger partial charge is 0.100 e. The normalized spacial score (nSPS) is 10.3. The summed E-state index contributed by atoms with van der Waals surface area (Å²) in [5, 5.41) is 0. The predicted octanol–water partition coefficient (Wildman–Crippen LogP) is 4.59. The topological polar surface area (TPSA) is 0 Å². The van der Waals surface area contributed by atoms with Crippen LogP contribution in [0, 0.1) is 13.8 Å². The second-order valence-corrected chi connectivity index (χ2v) is 4.58. The number of unbranched alkanes of at least 4 members (excludes halogenated alkanes) is 1. The van der Waals surface area contributed by atoms with Crippen molar-refractivity contribution in [2.45, 2.75) is 46.5 Å². The number of hydrogen-bond acceptors (Lipinski definition) is 0. The minimum atomic E-state index is 1.17. The highest BCUT2D eigenvalue weighted by Gasteiger charge is 1.96. The van der Waals surface area contributed by atoms with Gasteiger partial charge < -0.3 is 0 Å². The number of benzene rings is 1. The van der Waals surface area contributed by atoms with Crippen molar-refractivity contribution >= 4 is 0 Å². The average Bonchev–Trinajstić information content (AvgIpc) is 2.18. The van der Waals surface area contributed by atoms with E-state index in [1.165, 1.54) is 47.9 Å². The Balaban J connectivity index is 2.38. The van der Waals surface area contributed by atoms with Crippen LogP contribution in [-0.4, -0.2) is 0 Å². The second kappa shape index (κ2) is 5.75. The van der Waals surface area contributed by atoms with E-state index in [4.69, 9.17) is 0 Å². The first-order valence-electron chi connectivity index (χ1n) is 5.80. The van der Waals surface area contributed by atoms with Gasteiger partial charge in [0.2, 0.25) is 0 Å². The molecular weight excluding hydrogens is 180 g/mol. The molecule has 1 aromatic rings. The maximum atomic E-state index is 3.93. The summed E-state index contributed by atoms with van der Waals surface area (Å²) in [4.78, 5) is 0. The maximum Gasteiger partial charge on any atom is -0.0279 e. The zero-order valence-corrected chi connectivity index (χ0v) is 10.3. The molecule has 0 bridgehead atoms. The smallest absolute Gasteiger partial charge is 0.0279 e. The summed E-state index contributed by atoms with van der Waals surface area (Å²) in [6, 6.07) is 6.79. The Labute approximate surface area is 94.0 Å². The van der Waals surface area contributed by atoms with E-state index in [0.29, 0.717) is 0 Å². The van der Waals surface area contributed by atoms with Crippen molar-refractivity contribution in [2.75, 3.05) is 0 Å². The molecule has 0 N–H and O–H groups in total. The van der Waals surface area contributed by atoms with Gasteiger partial charge in [0, 0.05) is 0 Å². The van der Waals surface area contributed by atoms with E-state index in [0.717, 1.165) is 0 Å². The van der Waals surface area contributed by atoms with Gasteiger partial charge in [-0.3, -0.25) is 0 Å². The van der Waals surface area contributed by atoms with Gasteiger partial charge in [-0.1, -0.05) is 23.8 Å². The molecular formula is C15H22. The molecule has 0 nitrogen and oxygen atoms in total. The lowest BCUT2D eigenvalue weighted by atomic mass is 10.0. The summed E-state index contributed by atoms with van der Waals surface area (Å²) in [5.41, 5.74) is 5.57. The van der Waals surface area contributed by atoms with Crippen molar-refractivity contribution in [3.8, 4) is 0 Å².